The van der Waals surface area contributed by atoms with Crippen LogP contribution in [-0.2, 0) is 11.3 Å². The fourth-order valence-electron chi connectivity index (χ4n) is 3.91. The number of H-pyrrole nitrogens is 1. The summed E-state index contributed by atoms with van der Waals surface area (Å²) >= 11 is 0. The molecule has 1 atom stereocenters. The number of carbonyl (C=O) groups is 2. The lowest BCUT2D eigenvalue weighted by Gasteiger charge is -2.31. The van der Waals surface area contributed by atoms with Crippen molar-refractivity contribution < 1.29 is 9.59 Å². The fraction of sp³-hybridized carbons (Fsp3) is 0.304. The molecule has 1 aliphatic heterocycles. The molecule has 0 radical (unpaired) electrons. The summed E-state index contributed by atoms with van der Waals surface area (Å²) in [5.74, 6) is 0.0756. The monoisotopic (exact) mass is 375 g/mol. The Labute approximate surface area is 165 Å². The molecule has 1 aromatic heterocycles. The molecule has 4 rings (SSSR count). The Morgan fingerprint density at radius 2 is 1.86 bits per heavy atom. The number of nitrogens with zero attached hydrogens (tertiary/aromatic N) is 2. The number of aromatic nitrogens is 1. The summed E-state index contributed by atoms with van der Waals surface area (Å²) in [6, 6.07) is 19.8. The molecule has 2 aromatic carbocycles. The van der Waals surface area contributed by atoms with Crippen LogP contribution in [0.2, 0.25) is 0 Å². The quantitative estimate of drug-likeness (QED) is 0.754. The molecule has 0 saturated carbocycles. The number of aromatic amines is 1. The Bertz CT molecular complexity index is 947. The maximum atomic E-state index is 13.1. The van der Waals surface area contributed by atoms with Gasteiger partial charge in [0.1, 0.15) is 5.69 Å². The molecule has 1 N–H and O–H groups in total. The SMILES string of the molecule is CC[C@@H]1CN(C(=O)c2cc3ccccc3[nH]2)CCC(=O)N1Cc1ccccc1. The second-order valence-corrected chi connectivity index (χ2v) is 7.34. The molecule has 3 aromatic rings. The molecule has 1 saturated heterocycles. The second-order valence-electron chi connectivity index (χ2n) is 7.34. The van der Waals surface area contributed by atoms with Gasteiger partial charge in [0.25, 0.3) is 5.91 Å². The van der Waals surface area contributed by atoms with Crippen LogP contribution < -0.4 is 0 Å². The fourth-order valence-corrected chi connectivity index (χ4v) is 3.91. The van der Waals surface area contributed by atoms with Gasteiger partial charge in [-0.25, -0.2) is 0 Å². The molecule has 0 unspecified atom stereocenters. The molecule has 144 valence electrons. The van der Waals surface area contributed by atoms with Crippen molar-refractivity contribution in [2.75, 3.05) is 13.1 Å². The number of benzene rings is 2. The number of carbonyl (C=O) groups excluding carboxylic acids is 2. The van der Waals surface area contributed by atoms with Crippen molar-refractivity contribution in [3.8, 4) is 0 Å². The van der Waals surface area contributed by atoms with E-state index in [1.807, 2.05) is 70.5 Å². The first kappa shape index (κ1) is 18.3. The molecular formula is C23H25N3O2. The van der Waals surface area contributed by atoms with E-state index in [2.05, 4.69) is 11.9 Å². The van der Waals surface area contributed by atoms with Gasteiger partial charge in [-0.15, -0.1) is 0 Å². The van der Waals surface area contributed by atoms with Gasteiger partial charge in [0, 0.05) is 43.0 Å². The van der Waals surface area contributed by atoms with E-state index in [0.717, 1.165) is 22.9 Å². The smallest absolute Gasteiger partial charge is 0.270 e. The van der Waals surface area contributed by atoms with Crippen LogP contribution in [0.1, 0.15) is 35.8 Å². The van der Waals surface area contributed by atoms with E-state index in [4.69, 9.17) is 0 Å². The van der Waals surface area contributed by atoms with Crippen molar-refractivity contribution in [2.45, 2.75) is 32.4 Å². The second kappa shape index (κ2) is 7.89. The minimum atomic E-state index is -0.0380. The van der Waals surface area contributed by atoms with Crippen molar-refractivity contribution in [1.29, 1.82) is 0 Å². The van der Waals surface area contributed by atoms with Gasteiger partial charge in [-0.05, 0) is 24.1 Å². The molecule has 0 aliphatic carbocycles. The van der Waals surface area contributed by atoms with Crippen LogP contribution in [0.15, 0.2) is 60.7 Å². The maximum absolute atomic E-state index is 13.1. The van der Waals surface area contributed by atoms with Crippen LogP contribution in [-0.4, -0.2) is 45.7 Å². The molecule has 5 nitrogen and oxygen atoms in total. The molecule has 0 spiro atoms. The summed E-state index contributed by atoms with van der Waals surface area (Å²) in [4.78, 5) is 32.9. The minimum absolute atomic E-state index is 0.0172. The molecule has 28 heavy (non-hydrogen) atoms. The first-order valence-electron chi connectivity index (χ1n) is 9.86. The standard InChI is InChI=1S/C23H25N3O2/c1-2-19-16-25(23(28)21-14-18-10-6-7-11-20(18)24-21)13-12-22(27)26(19)15-17-8-4-3-5-9-17/h3-11,14,19,24H,2,12-13,15-16H2,1H3/t19-/m1/s1. The average Bonchev–Trinajstić information content (AvgIpc) is 3.10. The van der Waals surface area contributed by atoms with E-state index in [1.165, 1.54) is 0 Å². The van der Waals surface area contributed by atoms with Gasteiger partial charge in [-0.3, -0.25) is 9.59 Å². The van der Waals surface area contributed by atoms with Crippen LogP contribution in [0.3, 0.4) is 0 Å². The van der Waals surface area contributed by atoms with Crippen LogP contribution in [0, 0.1) is 0 Å². The number of fused-ring (bicyclic) bond motifs is 1. The lowest BCUT2D eigenvalue weighted by molar-refractivity contribution is -0.133. The summed E-state index contributed by atoms with van der Waals surface area (Å²) in [7, 11) is 0. The number of hydrogen-bond acceptors (Lipinski definition) is 2. The van der Waals surface area contributed by atoms with Gasteiger partial charge in [0.15, 0.2) is 0 Å². The van der Waals surface area contributed by atoms with E-state index in [0.29, 0.717) is 31.7 Å². The molecule has 1 aliphatic rings. The van der Waals surface area contributed by atoms with E-state index >= 15 is 0 Å². The zero-order valence-corrected chi connectivity index (χ0v) is 16.1. The molecule has 5 heteroatoms. The van der Waals surface area contributed by atoms with Gasteiger partial charge in [0.2, 0.25) is 5.91 Å². The van der Waals surface area contributed by atoms with Crippen molar-refractivity contribution in [1.82, 2.24) is 14.8 Å². The highest BCUT2D eigenvalue weighted by Gasteiger charge is 2.31. The van der Waals surface area contributed by atoms with Crippen molar-refractivity contribution in [2.24, 2.45) is 0 Å². The number of nitrogens with one attached hydrogen (secondary N) is 1. The summed E-state index contributed by atoms with van der Waals surface area (Å²) in [5, 5.41) is 1.02. The summed E-state index contributed by atoms with van der Waals surface area (Å²) in [5.41, 5.74) is 2.65. The Morgan fingerprint density at radius 3 is 2.61 bits per heavy atom. The molecule has 0 bridgehead atoms. The maximum Gasteiger partial charge on any atom is 0.270 e. The van der Waals surface area contributed by atoms with Crippen molar-refractivity contribution in [3.63, 3.8) is 0 Å². The van der Waals surface area contributed by atoms with Crippen molar-refractivity contribution in [3.05, 3.63) is 71.9 Å². The van der Waals surface area contributed by atoms with Crippen molar-refractivity contribution >= 4 is 22.7 Å². The Kier molecular flexibility index (Phi) is 5.15. The third kappa shape index (κ3) is 3.65. The van der Waals surface area contributed by atoms with Gasteiger partial charge in [-0.2, -0.15) is 0 Å². The van der Waals surface area contributed by atoms with Crippen LogP contribution >= 0.6 is 0 Å². The highest BCUT2D eigenvalue weighted by Crippen LogP contribution is 2.21. The highest BCUT2D eigenvalue weighted by atomic mass is 16.2. The Morgan fingerprint density at radius 1 is 1.11 bits per heavy atom. The lowest BCUT2D eigenvalue weighted by atomic mass is 10.1. The Balaban J connectivity index is 1.55. The van der Waals surface area contributed by atoms with Gasteiger partial charge in [0.05, 0.1) is 0 Å². The Hall–Kier alpha value is -3.08. The van der Waals surface area contributed by atoms with E-state index < -0.39 is 0 Å². The van der Waals surface area contributed by atoms with Crippen LogP contribution in [0.5, 0.6) is 0 Å². The van der Waals surface area contributed by atoms with Gasteiger partial charge in [-0.1, -0.05) is 55.5 Å². The number of hydrogen-bond donors (Lipinski definition) is 1. The predicted molar refractivity (Wildman–Crippen MR) is 110 cm³/mol. The largest absolute Gasteiger partial charge is 0.351 e. The predicted octanol–water partition coefficient (Wildman–Crippen LogP) is 3.82. The molecule has 1 fully saturated rings. The number of amides is 2. The van der Waals surface area contributed by atoms with Crippen LogP contribution in [0.25, 0.3) is 10.9 Å². The summed E-state index contributed by atoms with van der Waals surface area (Å²) < 4.78 is 0. The zero-order chi connectivity index (χ0) is 19.5. The first-order valence-corrected chi connectivity index (χ1v) is 9.86. The normalized spacial score (nSPS) is 17.8. The van der Waals surface area contributed by atoms with Gasteiger partial charge >= 0.3 is 0 Å². The minimum Gasteiger partial charge on any atom is -0.351 e. The number of rotatable bonds is 4. The third-order valence-corrected chi connectivity index (χ3v) is 5.50. The molecular weight excluding hydrogens is 350 g/mol. The topological polar surface area (TPSA) is 56.4 Å². The highest BCUT2D eigenvalue weighted by molar-refractivity contribution is 5.98. The van der Waals surface area contributed by atoms with E-state index in [9.17, 15) is 9.59 Å². The summed E-state index contributed by atoms with van der Waals surface area (Å²) in [6.07, 6.45) is 1.17. The third-order valence-electron chi connectivity index (χ3n) is 5.50. The zero-order valence-electron chi connectivity index (χ0n) is 16.1. The first-order chi connectivity index (χ1) is 13.7. The lowest BCUT2D eigenvalue weighted by Crippen LogP contribution is -2.43. The van der Waals surface area contributed by atoms with Gasteiger partial charge < -0.3 is 14.8 Å². The van der Waals surface area contributed by atoms with E-state index in [-0.39, 0.29) is 17.9 Å². The molecule has 2 heterocycles. The molecule has 2 amide bonds. The average molecular weight is 375 g/mol. The van der Waals surface area contributed by atoms with Crippen LogP contribution in [0.4, 0.5) is 0 Å². The number of para-hydroxylation sites is 1. The summed E-state index contributed by atoms with van der Waals surface area (Å²) in [6.45, 7) is 3.68. The van der Waals surface area contributed by atoms with E-state index in [1.54, 1.807) is 0 Å².